The van der Waals surface area contributed by atoms with E-state index in [-0.39, 0.29) is 17.4 Å². The van der Waals surface area contributed by atoms with E-state index in [1.165, 1.54) is 7.11 Å². The third-order valence-corrected chi connectivity index (χ3v) is 7.65. The van der Waals surface area contributed by atoms with Crippen LogP contribution >= 0.6 is 0 Å². The van der Waals surface area contributed by atoms with Crippen molar-refractivity contribution in [2.45, 2.75) is 71.3 Å². The van der Waals surface area contributed by atoms with Gasteiger partial charge in [0.25, 0.3) is 5.91 Å². The Morgan fingerprint density at radius 3 is 2.38 bits per heavy atom. The van der Waals surface area contributed by atoms with Crippen molar-refractivity contribution in [3.05, 3.63) is 23.8 Å². The van der Waals surface area contributed by atoms with E-state index in [9.17, 15) is 14.4 Å². The number of amides is 3. The summed E-state index contributed by atoms with van der Waals surface area (Å²) >= 11 is 0. The van der Waals surface area contributed by atoms with E-state index in [0.717, 1.165) is 38.5 Å². The lowest BCUT2D eigenvalue weighted by Gasteiger charge is -2.61. The maximum absolute atomic E-state index is 13.3. The average molecular weight is 472 g/mol. The Morgan fingerprint density at radius 2 is 1.76 bits per heavy atom. The molecule has 0 aromatic heterocycles. The van der Waals surface area contributed by atoms with Crippen LogP contribution in [0.1, 0.15) is 76.1 Å². The van der Waals surface area contributed by atoms with Crippen molar-refractivity contribution >= 4 is 17.7 Å². The minimum Gasteiger partial charge on any atom is -0.493 e. The minimum absolute atomic E-state index is 0.0450. The summed E-state index contributed by atoms with van der Waals surface area (Å²) in [5.74, 6) is 1.83. The summed E-state index contributed by atoms with van der Waals surface area (Å²) in [5, 5.41) is 3.16. The van der Waals surface area contributed by atoms with Gasteiger partial charge >= 0.3 is 0 Å². The Kier molecular flexibility index (Phi) is 6.78. The smallest absolute Gasteiger partial charge is 0.269 e. The van der Waals surface area contributed by atoms with Crippen LogP contribution in [0.15, 0.2) is 18.2 Å². The molecule has 0 radical (unpaired) electrons. The van der Waals surface area contributed by atoms with Crippen LogP contribution in [0.4, 0.5) is 0 Å². The predicted molar refractivity (Wildman–Crippen MR) is 127 cm³/mol. The molecule has 0 heterocycles. The molecule has 4 aliphatic carbocycles. The Labute approximate surface area is 201 Å². The van der Waals surface area contributed by atoms with E-state index in [1.54, 1.807) is 25.1 Å². The van der Waals surface area contributed by atoms with Crippen molar-refractivity contribution in [1.82, 2.24) is 16.2 Å². The van der Waals surface area contributed by atoms with Crippen molar-refractivity contribution in [2.24, 2.45) is 23.2 Å². The van der Waals surface area contributed by atoms with Gasteiger partial charge in [0.05, 0.1) is 19.1 Å². The molecule has 1 aromatic rings. The van der Waals surface area contributed by atoms with Crippen LogP contribution in [0, 0.1) is 23.2 Å². The number of carbonyl (C=O) groups is 3. The first-order valence-electron chi connectivity index (χ1n) is 12.3. The monoisotopic (exact) mass is 471 g/mol. The van der Waals surface area contributed by atoms with Crippen molar-refractivity contribution < 1.29 is 23.9 Å². The Balaban J connectivity index is 1.39. The van der Waals surface area contributed by atoms with Gasteiger partial charge in [0.2, 0.25) is 11.8 Å². The van der Waals surface area contributed by atoms with E-state index in [2.05, 4.69) is 30.0 Å². The predicted octanol–water partition coefficient (Wildman–Crippen LogP) is 3.36. The fourth-order valence-electron chi connectivity index (χ4n) is 6.70. The molecule has 5 rings (SSSR count). The number of hydrazine groups is 1. The molecule has 4 bridgehead atoms. The topological polar surface area (TPSA) is 106 Å². The number of carbonyl (C=O) groups excluding carboxylic acids is 3. The van der Waals surface area contributed by atoms with Crippen molar-refractivity contribution in [2.75, 3.05) is 13.7 Å². The van der Waals surface area contributed by atoms with Crippen LogP contribution in [0.5, 0.6) is 11.5 Å². The van der Waals surface area contributed by atoms with E-state index in [4.69, 9.17) is 9.47 Å². The minimum atomic E-state index is -0.550. The summed E-state index contributed by atoms with van der Waals surface area (Å²) in [6, 6.07) is 4.99. The first-order chi connectivity index (χ1) is 16.1. The zero-order valence-corrected chi connectivity index (χ0v) is 20.7. The molecule has 0 aliphatic heterocycles. The Morgan fingerprint density at radius 1 is 1.06 bits per heavy atom. The average Bonchev–Trinajstić information content (AvgIpc) is 2.75. The molecule has 3 amide bonds. The summed E-state index contributed by atoms with van der Waals surface area (Å²) in [7, 11) is 1.53. The highest BCUT2D eigenvalue weighted by Gasteiger charge is 2.61. The van der Waals surface area contributed by atoms with Gasteiger partial charge in [-0.3, -0.25) is 25.2 Å². The molecular formula is C26H37N3O5. The molecule has 4 aliphatic rings. The number of benzene rings is 1. The number of rotatable bonds is 8. The Bertz CT molecular complexity index is 946. The summed E-state index contributed by atoms with van der Waals surface area (Å²) in [5.41, 5.74) is 4.79. The second-order valence-corrected chi connectivity index (χ2v) is 11.0. The first kappa shape index (κ1) is 24.4. The van der Waals surface area contributed by atoms with Crippen molar-refractivity contribution in [1.29, 1.82) is 0 Å². The molecule has 0 spiro atoms. The van der Waals surface area contributed by atoms with Gasteiger partial charge in [-0.1, -0.05) is 13.8 Å². The van der Waals surface area contributed by atoms with Gasteiger partial charge in [-0.15, -0.1) is 0 Å². The van der Waals surface area contributed by atoms with Gasteiger partial charge in [0, 0.05) is 18.0 Å². The van der Waals surface area contributed by atoms with Crippen molar-refractivity contribution in [3.63, 3.8) is 0 Å². The molecule has 4 fully saturated rings. The SMILES string of the molecule is COc1cc(C(=O)NNC(=O)C23C[C@H]4C[C@@H](CC(NC(C)=O)(C4)C2)C3)ccc1OCCC(C)C. The maximum Gasteiger partial charge on any atom is 0.269 e. The van der Waals surface area contributed by atoms with E-state index >= 15 is 0 Å². The molecule has 1 aromatic carbocycles. The number of hydrogen-bond donors (Lipinski definition) is 3. The summed E-state index contributed by atoms with van der Waals surface area (Å²) in [4.78, 5) is 38.0. The number of nitrogens with one attached hydrogen (secondary N) is 3. The summed E-state index contributed by atoms with van der Waals surface area (Å²) in [6.07, 6.45) is 6.17. The highest BCUT2D eigenvalue weighted by molar-refractivity contribution is 5.96. The second-order valence-electron chi connectivity index (χ2n) is 11.0. The molecule has 8 heteroatoms. The largest absolute Gasteiger partial charge is 0.493 e. The molecule has 8 nitrogen and oxygen atoms in total. The standard InChI is InChI=1S/C26H37N3O5/c1-16(2)7-8-34-21-6-5-20(10-22(21)33-4)23(31)28-29-24(32)25-11-18-9-19(12-25)14-26(13-18,15-25)27-17(3)30/h5-6,10,16,18-19H,7-9,11-15H2,1-4H3,(H,27,30)(H,28,31)(H,29,32)/t18-,19-,25?,26?/m1/s1. The lowest BCUT2D eigenvalue weighted by molar-refractivity contribution is -0.153. The van der Waals surface area contributed by atoms with Gasteiger partial charge in [0.1, 0.15) is 0 Å². The first-order valence-corrected chi connectivity index (χ1v) is 12.3. The Hall–Kier alpha value is -2.77. The van der Waals surface area contributed by atoms with Gasteiger partial charge < -0.3 is 14.8 Å². The lowest BCUT2D eigenvalue weighted by atomic mass is 9.46. The van der Waals surface area contributed by atoms with Gasteiger partial charge in [-0.2, -0.15) is 0 Å². The van der Waals surface area contributed by atoms with Gasteiger partial charge in [-0.25, -0.2) is 0 Å². The number of hydrogen-bond acceptors (Lipinski definition) is 5. The van der Waals surface area contributed by atoms with Crippen LogP contribution in [0.25, 0.3) is 0 Å². The van der Waals surface area contributed by atoms with E-state index in [1.807, 2.05) is 0 Å². The third-order valence-electron chi connectivity index (χ3n) is 7.65. The molecule has 3 N–H and O–H groups in total. The molecule has 4 saturated carbocycles. The fraction of sp³-hybridized carbons (Fsp3) is 0.654. The molecular weight excluding hydrogens is 434 g/mol. The van der Waals surface area contributed by atoms with Crippen LogP contribution in [-0.4, -0.2) is 37.0 Å². The molecule has 2 atom stereocenters. The van der Waals surface area contributed by atoms with E-state index in [0.29, 0.717) is 47.8 Å². The second kappa shape index (κ2) is 9.47. The maximum atomic E-state index is 13.3. The lowest BCUT2D eigenvalue weighted by Crippen LogP contribution is -2.66. The van der Waals surface area contributed by atoms with Crippen LogP contribution in [-0.2, 0) is 9.59 Å². The number of methoxy groups -OCH3 is 1. The van der Waals surface area contributed by atoms with Crippen LogP contribution in [0.3, 0.4) is 0 Å². The number of ether oxygens (including phenoxy) is 2. The summed E-state index contributed by atoms with van der Waals surface area (Å²) in [6.45, 7) is 6.37. The fourth-order valence-corrected chi connectivity index (χ4v) is 6.70. The third kappa shape index (κ3) is 5.00. The molecule has 0 unspecified atom stereocenters. The summed E-state index contributed by atoms with van der Waals surface area (Å²) < 4.78 is 11.2. The normalized spacial score (nSPS) is 29.0. The van der Waals surface area contributed by atoms with Gasteiger partial charge in [0.15, 0.2) is 11.5 Å². The highest BCUT2D eigenvalue weighted by atomic mass is 16.5. The molecule has 0 saturated heterocycles. The molecule has 34 heavy (non-hydrogen) atoms. The van der Waals surface area contributed by atoms with E-state index < -0.39 is 11.3 Å². The quantitative estimate of drug-likeness (QED) is 0.504. The zero-order valence-electron chi connectivity index (χ0n) is 20.7. The van der Waals surface area contributed by atoms with Crippen LogP contribution < -0.4 is 25.6 Å². The highest BCUT2D eigenvalue weighted by Crippen LogP contribution is 2.61. The van der Waals surface area contributed by atoms with Crippen molar-refractivity contribution in [3.8, 4) is 11.5 Å². The van der Waals surface area contributed by atoms with Crippen LogP contribution in [0.2, 0.25) is 0 Å². The van der Waals surface area contributed by atoms with Gasteiger partial charge in [-0.05, 0) is 80.9 Å². The molecule has 186 valence electrons. The zero-order chi connectivity index (χ0) is 24.5.